The molecule has 2 aromatic carbocycles. The van der Waals surface area contributed by atoms with E-state index < -0.39 is 5.97 Å². The lowest BCUT2D eigenvalue weighted by Crippen LogP contribution is -2.02. The molecule has 0 aliphatic carbocycles. The average molecular weight is 301 g/mol. The van der Waals surface area contributed by atoms with Gasteiger partial charge >= 0.3 is 5.97 Å². The molecular formula is C17H13ClO3. The molecule has 0 radical (unpaired) electrons. The Hall–Kier alpha value is -2.26. The van der Waals surface area contributed by atoms with Crippen LogP contribution in [0.5, 0.6) is 0 Å². The number of hydrogen-bond acceptors (Lipinski definition) is 3. The monoisotopic (exact) mass is 300 g/mol. The highest BCUT2D eigenvalue weighted by molar-refractivity contribution is 6.30. The van der Waals surface area contributed by atoms with Gasteiger partial charge < -0.3 is 9.15 Å². The van der Waals surface area contributed by atoms with E-state index in [4.69, 9.17) is 20.8 Å². The van der Waals surface area contributed by atoms with E-state index in [1.54, 1.807) is 13.0 Å². The van der Waals surface area contributed by atoms with Crippen LogP contribution in [0.15, 0.2) is 52.9 Å². The Morgan fingerprint density at radius 3 is 2.52 bits per heavy atom. The van der Waals surface area contributed by atoms with Gasteiger partial charge in [0, 0.05) is 10.4 Å². The molecule has 0 atom stereocenters. The van der Waals surface area contributed by atoms with Crippen molar-refractivity contribution in [2.24, 2.45) is 0 Å². The van der Waals surface area contributed by atoms with Crippen LogP contribution in [0, 0.1) is 0 Å². The molecule has 0 N–H and O–H groups in total. The van der Waals surface area contributed by atoms with Gasteiger partial charge in [-0.15, -0.1) is 0 Å². The maximum Gasteiger partial charge on any atom is 0.374 e. The van der Waals surface area contributed by atoms with Gasteiger partial charge in [0.1, 0.15) is 5.58 Å². The molecule has 0 fully saturated rings. The van der Waals surface area contributed by atoms with E-state index in [1.165, 1.54) is 0 Å². The number of halogens is 1. The van der Waals surface area contributed by atoms with Crippen molar-refractivity contribution in [1.82, 2.24) is 0 Å². The molecule has 0 spiro atoms. The molecule has 0 bridgehead atoms. The van der Waals surface area contributed by atoms with Gasteiger partial charge in [0.15, 0.2) is 0 Å². The third kappa shape index (κ3) is 2.78. The van der Waals surface area contributed by atoms with Crippen molar-refractivity contribution in [3.63, 3.8) is 0 Å². The number of rotatable bonds is 3. The van der Waals surface area contributed by atoms with Crippen LogP contribution in [0.3, 0.4) is 0 Å². The highest BCUT2D eigenvalue weighted by Crippen LogP contribution is 2.27. The van der Waals surface area contributed by atoms with Crippen LogP contribution < -0.4 is 0 Å². The van der Waals surface area contributed by atoms with E-state index in [-0.39, 0.29) is 5.76 Å². The van der Waals surface area contributed by atoms with Crippen molar-refractivity contribution in [3.05, 3.63) is 59.3 Å². The maximum atomic E-state index is 11.7. The SMILES string of the molecule is CCOC(=O)c1cc2ccc(-c3ccc(Cl)cc3)cc2o1. The first-order valence-electron chi connectivity index (χ1n) is 6.64. The molecule has 3 aromatic rings. The Morgan fingerprint density at radius 2 is 1.81 bits per heavy atom. The van der Waals surface area contributed by atoms with E-state index in [0.717, 1.165) is 16.5 Å². The first-order chi connectivity index (χ1) is 10.2. The van der Waals surface area contributed by atoms with Crippen molar-refractivity contribution in [2.45, 2.75) is 6.92 Å². The summed E-state index contributed by atoms with van der Waals surface area (Å²) in [6.45, 7) is 2.09. The maximum absolute atomic E-state index is 11.7. The topological polar surface area (TPSA) is 39.4 Å². The second-order valence-electron chi connectivity index (χ2n) is 4.59. The van der Waals surface area contributed by atoms with Gasteiger partial charge in [-0.25, -0.2) is 4.79 Å². The van der Waals surface area contributed by atoms with Crippen molar-refractivity contribution in [3.8, 4) is 11.1 Å². The molecule has 0 saturated carbocycles. The Labute approximate surface area is 127 Å². The number of hydrogen-bond donors (Lipinski definition) is 0. The lowest BCUT2D eigenvalue weighted by molar-refractivity contribution is 0.0492. The predicted molar refractivity (Wildman–Crippen MR) is 82.6 cm³/mol. The Bertz CT molecular complexity index is 787. The Balaban J connectivity index is 2.00. The van der Waals surface area contributed by atoms with Crippen LogP contribution in [0.4, 0.5) is 0 Å². The molecule has 3 rings (SSSR count). The van der Waals surface area contributed by atoms with Crippen LogP contribution in [-0.2, 0) is 4.74 Å². The minimum Gasteiger partial charge on any atom is -0.460 e. The molecule has 0 aliphatic heterocycles. The summed E-state index contributed by atoms with van der Waals surface area (Å²) in [5.41, 5.74) is 2.70. The van der Waals surface area contributed by atoms with Gasteiger partial charge in [0.2, 0.25) is 5.76 Å². The highest BCUT2D eigenvalue weighted by Gasteiger charge is 2.13. The summed E-state index contributed by atoms with van der Waals surface area (Å²) in [5.74, 6) is -0.221. The first-order valence-corrected chi connectivity index (χ1v) is 7.02. The number of fused-ring (bicyclic) bond motifs is 1. The second-order valence-corrected chi connectivity index (χ2v) is 5.03. The molecule has 0 saturated heterocycles. The van der Waals surface area contributed by atoms with Crippen molar-refractivity contribution < 1.29 is 13.9 Å². The van der Waals surface area contributed by atoms with E-state index in [1.807, 2.05) is 42.5 Å². The standard InChI is InChI=1S/C17H13ClO3/c1-2-20-17(19)16-10-13-4-3-12(9-15(13)21-16)11-5-7-14(18)8-6-11/h3-10H,2H2,1H3. The van der Waals surface area contributed by atoms with E-state index >= 15 is 0 Å². The number of furan rings is 1. The fourth-order valence-corrected chi connectivity index (χ4v) is 2.28. The zero-order chi connectivity index (χ0) is 14.8. The third-order valence-corrected chi connectivity index (χ3v) is 3.43. The van der Waals surface area contributed by atoms with Gasteiger partial charge in [0.05, 0.1) is 6.61 Å². The molecule has 0 amide bonds. The molecule has 106 valence electrons. The van der Waals surface area contributed by atoms with Gasteiger partial charge in [-0.05, 0) is 42.3 Å². The zero-order valence-electron chi connectivity index (χ0n) is 11.4. The lowest BCUT2D eigenvalue weighted by atomic mass is 10.0. The number of esters is 1. The van der Waals surface area contributed by atoms with Crippen molar-refractivity contribution in [2.75, 3.05) is 6.61 Å². The normalized spacial score (nSPS) is 10.8. The molecule has 3 nitrogen and oxygen atoms in total. The molecule has 0 aliphatic rings. The van der Waals surface area contributed by atoms with E-state index in [0.29, 0.717) is 17.2 Å². The summed E-state index contributed by atoms with van der Waals surface area (Å²) >= 11 is 5.89. The second kappa shape index (κ2) is 5.62. The molecular weight excluding hydrogens is 288 g/mol. The molecule has 21 heavy (non-hydrogen) atoms. The Kier molecular flexibility index (Phi) is 3.67. The number of benzene rings is 2. The van der Waals surface area contributed by atoms with Gasteiger partial charge in [-0.2, -0.15) is 0 Å². The van der Waals surface area contributed by atoms with Crippen LogP contribution >= 0.6 is 11.6 Å². The lowest BCUT2D eigenvalue weighted by Gasteiger charge is -2.01. The molecule has 1 heterocycles. The van der Waals surface area contributed by atoms with Crippen LogP contribution in [-0.4, -0.2) is 12.6 Å². The highest BCUT2D eigenvalue weighted by atomic mass is 35.5. The molecule has 4 heteroatoms. The molecule has 0 unspecified atom stereocenters. The summed E-state index contributed by atoms with van der Waals surface area (Å²) in [5, 5.41) is 1.57. The predicted octanol–water partition coefficient (Wildman–Crippen LogP) is 4.93. The number of carbonyl (C=O) groups excluding carboxylic acids is 1. The van der Waals surface area contributed by atoms with Crippen LogP contribution in [0.1, 0.15) is 17.5 Å². The van der Waals surface area contributed by atoms with Gasteiger partial charge in [0.25, 0.3) is 0 Å². The Morgan fingerprint density at radius 1 is 1.10 bits per heavy atom. The van der Waals surface area contributed by atoms with Crippen LogP contribution in [0.25, 0.3) is 22.1 Å². The fraction of sp³-hybridized carbons (Fsp3) is 0.118. The first kappa shape index (κ1) is 13.7. The quantitative estimate of drug-likeness (QED) is 0.644. The molecule has 1 aromatic heterocycles. The van der Waals surface area contributed by atoms with Gasteiger partial charge in [-0.3, -0.25) is 0 Å². The number of ether oxygens (including phenoxy) is 1. The fourth-order valence-electron chi connectivity index (χ4n) is 2.16. The van der Waals surface area contributed by atoms with Crippen LogP contribution in [0.2, 0.25) is 5.02 Å². The largest absolute Gasteiger partial charge is 0.460 e. The average Bonchev–Trinajstić information content (AvgIpc) is 2.91. The van der Waals surface area contributed by atoms with Crippen molar-refractivity contribution >= 4 is 28.5 Å². The van der Waals surface area contributed by atoms with E-state index in [2.05, 4.69) is 0 Å². The number of carbonyl (C=O) groups is 1. The van der Waals surface area contributed by atoms with Gasteiger partial charge in [-0.1, -0.05) is 35.9 Å². The summed E-state index contributed by atoms with van der Waals surface area (Å²) in [4.78, 5) is 11.7. The zero-order valence-corrected chi connectivity index (χ0v) is 12.2. The van der Waals surface area contributed by atoms with Crippen molar-refractivity contribution in [1.29, 1.82) is 0 Å². The minimum absolute atomic E-state index is 0.222. The minimum atomic E-state index is -0.443. The summed E-state index contributed by atoms with van der Waals surface area (Å²) in [6.07, 6.45) is 0. The smallest absolute Gasteiger partial charge is 0.374 e. The summed E-state index contributed by atoms with van der Waals surface area (Å²) in [6, 6.07) is 15.1. The third-order valence-electron chi connectivity index (χ3n) is 3.17. The summed E-state index contributed by atoms with van der Waals surface area (Å²) < 4.78 is 10.5. The summed E-state index contributed by atoms with van der Waals surface area (Å²) in [7, 11) is 0. The van der Waals surface area contributed by atoms with E-state index in [9.17, 15) is 4.79 Å².